The van der Waals surface area contributed by atoms with Crippen molar-refractivity contribution in [3.05, 3.63) is 41.2 Å². The first-order valence-corrected chi connectivity index (χ1v) is 10.5. The van der Waals surface area contributed by atoms with Crippen LogP contribution < -0.4 is 14.5 Å². The highest BCUT2D eigenvalue weighted by molar-refractivity contribution is 6.31. The van der Waals surface area contributed by atoms with Crippen molar-refractivity contribution in [1.82, 2.24) is 14.9 Å². The van der Waals surface area contributed by atoms with Crippen molar-refractivity contribution in [2.75, 3.05) is 56.2 Å². The second kappa shape index (κ2) is 8.86. The Morgan fingerprint density at radius 3 is 2.24 bits per heavy atom. The fraction of sp³-hybridized carbons (Fsp3) is 0.476. The van der Waals surface area contributed by atoms with Crippen LogP contribution >= 0.6 is 11.6 Å². The fourth-order valence-electron chi connectivity index (χ4n) is 3.96. The van der Waals surface area contributed by atoms with Crippen LogP contribution in [0, 0.1) is 0 Å². The van der Waals surface area contributed by atoms with Crippen molar-refractivity contribution in [3.63, 3.8) is 0 Å². The van der Waals surface area contributed by atoms with Gasteiger partial charge in [-0.25, -0.2) is 9.97 Å². The molecule has 8 heteroatoms. The van der Waals surface area contributed by atoms with E-state index in [0.717, 1.165) is 37.8 Å². The predicted molar refractivity (Wildman–Crippen MR) is 114 cm³/mol. The lowest BCUT2D eigenvalue weighted by Crippen LogP contribution is -2.49. The summed E-state index contributed by atoms with van der Waals surface area (Å²) in [4.78, 5) is 28.3. The summed E-state index contributed by atoms with van der Waals surface area (Å²) in [5.74, 6) is 2.41. The van der Waals surface area contributed by atoms with E-state index in [0.29, 0.717) is 29.4 Å². The van der Waals surface area contributed by atoms with E-state index < -0.39 is 0 Å². The van der Waals surface area contributed by atoms with Gasteiger partial charge in [0.25, 0.3) is 5.91 Å². The molecule has 2 saturated heterocycles. The number of amides is 1. The van der Waals surface area contributed by atoms with Crippen molar-refractivity contribution < 1.29 is 9.53 Å². The van der Waals surface area contributed by atoms with E-state index in [2.05, 4.69) is 25.8 Å². The highest BCUT2D eigenvalue weighted by atomic mass is 35.5. The van der Waals surface area contributed by atoms with Gasteiger partial charge in [0.2, 0.25) is 0 Å². The molecule has 154 valence electrons. The maximum absolute atomic E-state index is 13.0. The number of carbonyl (C=O) groups excluding carboxylic acids is 1. The molecule has 2 aliphatic heterocycles. The number of nitrogens with zero attached hydrogens (tertiary/aromatic N) is 5. The standard InChI is InChI=1S/C21H26ClN5O2/c1-29-18-6-5-16(22)13-17(18)21(28)27-11-9-26(10-12-27)20-14-19(23-15-24-20)25-7-3-2-4-8-25/h5-6,13-15H,2-4,7-12H2,1H3. The van der Waals surface area contributed by atoms with E-state index in [1.807, 2.05) is 4.90 Å². The van der Waals surface area contributed by atoms with Crippen molar-refractivity contribution in [1.29, 1.82) is 0 Å². The molecular formula is C21H26ClN5O2. The third-order valence-electron chi connectivity index (χ3n) is 5.60. The molecular weight excluding hydrogens is 390 g/mol. The second-order valence-corrected chi connectivity index (χ2v) is 7.84. The average Bonchev–Trinajstić information content (AvgIpc) is 2.79. The summed E-state index contributed by atoms with van der Waals surface area (Å²) < 4.78 is 5.34. The number of piperazine rings is 1. The Kier molecular flexibility index (Phi) is 6.04. The number of hydrogen-bond acceptors (Lipinski definition) is 6. The average molecular weight is 416 g/mol. The molecule has 0 aliphatic carbocycles. The highest BCUT2D eigenvalue weighted by Gasteiger charge is 2.25. The fourth-order valence-corrected chi connectivity index (χ4v) is 4.13. The van der Waals surface area contributed by atoms with Crippen molar-refractivity contribution in [3.8, 4) is 5.75 Å². The van der Waals surface area contributed by atoms with E-state index in [1.54, 1.807) is 31.6 Å². The molecule has 0 spiro atoms. The van der Waals surface area contributed by atoms with E-state index in [1.165, 1.54) is 19.3 Å². The third-order valence-corrected chi connectivity index (χ3v) is 5.84. The molecule has 2 aliphatic rings. The Hall–Kier alpha value is -2.54. The van der Waals surface area contributed by atoms with Gasteiger partial charge in [-0.3, -0.25) is 4.79 Å². The van der Waals surface area contributed by atoms with Crippen LogP contribution in [-0.4, -0.2) is 67.2 Å². The monoisotopic (exact) mass is 415 g/mol. The first-order valence-electron chi connectivity index (χ1n) is 10.1. The minimum Gasteiger partial charge on any atom is -0.496 e. The molecule has 0 atom stereocenters. The summed E-state index contributed by atoms with van der Waals surface area (Å²) in [6, 6.07) is 7.20. The first-order chi connectivity index (χ1) is 14.2. The van der Waals surface area contributed by atoms with Crippen LogP contribution in [0.15, 0.2) is 30.6 Å². The van der Waals surface area contributed by atoms with Gasteiger partial charge < -0.3 is 19.4 Å². The van der Waals surface area contributed by atoms with Crippen LogP contribution in [0.25, 0.3) is 0 Å². The van der Waals surface area contributed by atoms with Crippen molar-refractivity contribution in [2.24, 2.45) is 0 Å². The second-order valence-electron chi connectivity index (χ2n) is 7.41. The summed E-state index contributed by atoms with van der Waals surface area (Å²) in [6.45, 7) is 4.81. The van der Waals surface area contributed by atoms with Crippen LogP contribution in [0.2, 0.25) is 5.02 Å². The maximum atomic E-state index is 13.0. The van der Waals surface area contributed by atoms with Gasteiger partial charge in [0.05, 0.1) is 12.7 Å². The molecule has 29 heavy (non-hydrogen) atoms. The number of hydrogen-bond donors (Lipinski definition) is 0. The lowest BCUT2D eigenvalue weighted by atomic mass is 10.1. The van der Waals surface area contributed by atoms with Gasteiger partial charge in [-0.2, -0.15) is 0 Å². The highest BCUT2D eigenvalue weighted by Crippen LogP contribution is 2.26. The van der Waals surface area contributed by atoms with Crippen LogP contribution in [0.3, 0.4) is 0 Å². The molecule has 1 aromatic heterocycles. The molecule has 2 aromatic rings. The number of anilines is 2. The Bertz CT molecular complexity index is 864. The normalized spacial score (nSPS) is 17.4. The zero-order chi connectivity index (χ0) is 20.2. The molecule has 0 N–H and O–H groups in total. The Labute approximate surface area is 176 Å². The van der Waals surface area contributed by atoms with Crippen molar-refractivity contribution in [2.45, 2.75) is 19.3 Å². The van der Waals surface area contributed by atoms with Gasteiger partial charge in [0.1, 0.15) is 23.7 Å². The summed E-state index contributed by atoms with van der Waals surface area (Å²) in [5.41, 5.74) is 0.503. The summed E-state index contributed by atoms with van der Waals surface area (Å²) in [7, 11) is 1.56. The Balaban J connectivity index is 1.42. The Morgan fingerprint density at radius 1 is 0.931 bits per heavy atom. The van der Waals surface area contributed by atoms with Crippen molar-refractivity contribution >= 4 is 29.1 Å². The largest absolute Gasteiger partial charge is 0.496 e. The van der Waals surface area contributed by atoms with E-state index in [4.69, 9.17) is 16.3 Å². The summed E-state index contributed by atoms with van der Waals surface area (Å²) >= 11 is 6.09. The predicted octanol–water partition coefficient (Wildman–Crippen LogP) is 3.09. The molecule has 7 nitrogen and oxygen atoms in total. The minimum atomic E-state index is -0.0549. The Morgan fingerprint density at radius 2 is 1.59 bits per heavy atom. The topological polar surface area (TPSA) is 61.8 Å². The number of benzene rings is 1. The number of piperidine rings is 1. The van der Waals surface area contributed by atoms with Gasteiger partial charge in [0.15, 0.2) is 0 Å². The van der Waals surface area contributed by atoms with E-state index >= 15 is 0 Å². The lowest BCUT2D eigenvalue weighted by molar-refractivity contribution is 0.0743. The van der Waals surface area contributed by atoms with Crippen LogP contribution in [-0.2, 0) is 0 Å². The number of ether oxygens (including phenoxy) is 1. The molecule has 0 radical (unpaired) electrons. The molecule has 0 bridgehead atoms. The quantitative estimate of drug-likeness (QED) is 0.764. The van der Waals surface area contributed by atoms with Gasteiger partial charge in [-0.05, 0) is 37.5 Å². The van der Waals surface area contributed by atoms with Gasteiger partial charge >= 0.3 is 0 Å². The smallest absolute Gasteiger partial charge is 0.257 e. The molecule has 4 rings (SSSR count). The lowest BCUT2D eigenvalue weighted by Gasteiger charge is -2.36. The van der Waals surface area contributed by atoms with E-state index in [-0.39, 0.29) is 5.91 Å². The van der Waals surface area contributed by atoms with Crippen LogP contribution in [0.1, 0.15) is 29.6 Å². The van der Waals surface area contributed by atoms with Gasteiger partial charge in [0, 0.05) is 50.4 Å². The van der Waals surface area contributed by atoms with Crippen LogP contribution in [0.5, 0.6) is 5.75 Å². The molecule has 3 heterocycles. The van der Waals surface area contributed by atoms with E-state index in [9.17, 15) is 4.79 Å². The number of aromatic nitrogens is 2. The summed E-state index contributed by atoms with van der Waals surface area (Å²) in [5, 5.41) is 0.527. The van der Waals surface area contributed by atoms with Gasteiger partial charge in [-0.15, -0.1) is 0 Å². The maximum Gasteiger partial charge on any atom is 0.257 e. The first kappa shape index (κ1) is 19.8. The third kappa shape index (κ3) is 4.40. The number of halogens is 1. The van der Waals surface area contributed by atoms with Gasteiger partial charge in [-0.1, -0.05) is 11.6 Å². The zero-order valence-corrected chi connectivity index (χ0v) is 17.4. The number of rotatable bonds is 4. The molecule has 0 saturated carbocycles. The number of carbonyl (C=O) groups is 1. The summed E-state index contributed by atoms with van der Waals surface area (Å²) in [6.07, 6.45) is 5.37. The number of methoxy groups -OCH3 is 1. The molecule has 1 aromatic carbocycles. The zero-order valence-electron chi connectivity index (χ0n) is 16.7. The minimum absolute atomic E-state index is 0.0549. The molecule has 2 fully saturated rings. The molecule has 0 unspecified atom stereocenters. The molecule has 1 amide bonds. The van der Waals surface area contributed by atoms with Crippen LogP contribution in [0.4, 0.5) is 11.6 Å². The SMILES string of the molecule is COc1ccc(Cl)cc1C(=O)N1CCN(c2cc(N3CCCCC3)ncn2)CC1.